The van der Waals surface area contributed by atoms with Crippen LogP contribution in [0.2, 0.25) is 5.02 Å². The van der Waals surface area contributed by atoms with Crippen molar-refractivity contribution in [2.75, 3.05) is 16.8 Å². The molecule has 1 N–H and O–H groups in total. The van der Waals surface area contributed by atoms with Crippen molar-refractivity contribution in [2.24, 2.45) is 0 Å². The van der Waals surface area contributed by atoms with Crippen molar-refractivity contribution in [3.63, 3.8) is 0 Å². The number of anilines is 1. The van der Waals surface area contributed by atoms with Gasteiger partial charge >= 0.3 is 0 Å². The summed E-state index contributed by atoms with van der Waals surface area (Å²) >= 11 is 6.08. The van der Waals surface area contributed by atoms with Gasteiger partial charge in [0.15, 0.2) is 15.5 Å². The van der Waals surface area contributed by atoms with Gasteiger partial charge in [0, 0.05) is 11.6 Å². The number of nitrogens with zero attached hydrogens (tertiary/aromatic N) is 3. The molecule has 1 aliphatic carbocycles. The zero-order valence-electron chi connectivity index (χ0n) is 16.7. The summed E-state index contributed by atoms with van der Waals surface area (Å²) < 4.78 is 39.1. The number of aromatic nitrogens is 3. The highest BCUT2D eigenvalue weighted by Gasteiger charge is 2.34. The number of hydrogen-bond donors (Lipinski definition) is 1. The number of sulfone groups is 1. The molecule has 1 atom stereocenters. The van der Waals surface area contributed by atoms with Crippen molar-refractivity contribution in [3.8, 4) is 0 Å². The maximum atomic E-state index is 13.4. The van der Waals surface area contributed by atoms with E-state index in [-0.39, 0.29) is 28.5 Å². The monoisotopic (exact) mass is 462 g/mol. The quantitative estimate of drug-likeness (QED) is 0.632. The van der Waals surface area contributed by atoms with Gasteiger partial charge in [0.1, 0.15) is 5.82 Å². The minimum atomic E-state index is -3.11. The molecule has 2 aromatic heterocycles. The lowest BCUT2D eigenvalue weighted by molar-refractivity contribution is 0.102. The summed E-state index contributed by atoms with van der Waals surface area (Å²) in [5.74, 6) is -0.470. The van der Waals surface area contributed by atoms with Crippen LogP contribution >= 0.6 is 11.6 Å². The summed E-state index contributed by atoms with van der Waals surface area (Å²) in [7, 11) is -3.11. The number of nitrogens with one attached hydrogen (secondary N) is 1. The molecule has 0 unspecified atom stereocenters. The van der Waals surface area contributed by atoms with E-state index < -0.39 is 21.6 Å². The highest BCUT2D eigenvalue weighted by molar-refractivity contribution is 7.91. The van der Waals surface area contributed by atoms with Gasteiger partial charge in [-0.25, -0.2) is 22.5 Å². The van der Waals surface area contributed by atoms with Crippen LogP contribution in [0.15, 0.2) is 24.3 Å². The molecule has 0 spiro atoms. The van der Waals surface area contributed by atoms with Crippen LogP contribution in [0.5, 0.6) is 0 Å². The largest absolute Gasteiger partial charge is 0.321 e. The van der Waals surface area contributed by atoms with Gasteiger partial charge in [-0.15, -0.1) is 0 Å². The molecule has 31 heavy (non-hydrogen) atoms. The van der Waals surface area contributed by atoms with Crippen molar-refractivity contribution in [1.29, 1.82) is 0 Å². The molecule has 3 heterocycles. The zero-order valence-corrected chi connectivity index (χ0v) is 18.3. The molecule has 1 aliphatic heterocycles. The number of aryl methyl sites for hydroxylation is 1. The lowest BCUT2D eigenvalue weighted by atomic mass is 10.1. The summed E-state index contributed by atoms with van der Waals surface area (Å²) in [6.45, 7) is 1.78. The first-order valence-corrected chi connectivity index (χ1v) is 12.3. The standard InChI is InChI=1S/C21H20ClFN4O3S/c1-11-19-15(21(28)25-17-5-4-13(23)8-16(17)22)9-18(12-2-3-12)24-20(19)27(26-11)14-6-7-31(29,30)10-14/h4-5,8-9,12,14H,2-3,6-7,10H2,1H3,(H,25,28)/t14-/m1/s1. The molecule has 10 heteroatoms. The van der Waals surface area contributed by atoms with Gasteiger partial charge in [-0.05, 0) is 50.5 Å². The SMILES string of the molecule is Cc1nn([C@@H]2CCS(=O)(=O)C2)c2nc(C3CC3)cc(C(=O)Nc3ccc(F)cc3Cl)c12. The van der Waals surface area contributed by atoms with E-state index in [4.69, 9.17) is 16.6 Å². The highest BCUT2D eigenvalue weighted by Crippen LogP contribution is 2.41. The first kappa shape index (κ1) is 20.4. The van der Waals surface area contributed by atoms with Crippen molar-refractivity contribution < 1.29 is 17.6 Å². The summed E-state index contributed by atoms with van der Waals surface area (Å²) in [5.41, 5.74) is 2.63. The molecular formula is C21H20ClFN4O3S. The number of benzene rings is 1. The Labute approximate surface area is 183 Å². The van der Waals surface area contributed by atoms with Crippen LogP contribution in [0.25, 0.3) is 11.0 Å². The minimum Gasteiger partial charge on any atom is -0.321 e. The molecule has 7 nitrogen and oxygen atoms in total. The third kappa shape index (κ3) is 3.80. The first-order valence-electron chi connectivity index (χ1n) is 10.1. The average molecular weight is 463 g/mol. The zero-order chi connectivity index (χ0) is 21.9. The average Bonchev–Trinajstić information content (AvgIpc) is 3.43. The smallest absolute Gasteiger partial charge is 0.256 e. The molecule has 162 valence electrons. The van der Waals surface area contributed by atoms with Crippen molar-refractivity contribution in [3.05, 3.63) is 52.1 Å². The maximum Gasteiger partial charge on any atom is 0.256 e. The van der Waals surface area contributed by atoms with Crippen LogP contribution in [0.3, 0.4) is 0 Å². The molecule has 0 bridgehead atoms. The summed E-state index contributed by atoms with van der Waals surface area (Å²) in [6.07, 6.45) is 2.46. The van der Waals surface area contributed by atoms with Gasteiger partial charge in [0.05, 0.1) is 44.9 Å². The second-order valence-corrected chi connectivity index (χ2v) is 10.9. The molecule has 2 fully saturated rings. The Morgan fingerprint density at radius 2 is 2.03 bits per heavy atom. The predicted octanol–water partition coefficient (Wildman–Crippen LogP) is 4.02. The van der Waals surface area contributed by atoms with E-state index >= 15 is 0 Å². The Bertz CT molecular complexity index is 1330. The van der Waals surface area contributed by atoms with Crippen molar-refractivity contribution in [1.82, 2.24) is 14.8 Å². The van der Waals surface area contributed by atoms with Gasteiger partial charge in [-0.1, -0.05) is 11.6 Å². The van der Waals surface area contributed by atoms with Crippen molar-refractivity contribution in [2.45, 2.75) is 38.1 Å². The molecule has 0 radical (unpaired) electrons. The summed E-state index contributed by atoms with van der Waals surface area (Å²) in [5, 5.41) is 8.01. The second-order valence-electron chi connectivity index (χ2n) is 8.23. The Balaban J connectivity index is 1.61. The molecular weight excluding hydrogens is 443 g/mol. The van der Waals surface area contributed by atoms with E-state index in [1.807, 2.05) is 0 Å². The number of fused-ring (bicyclic) bond motifs is 1. The molecule has 1 saturated carbocycles. The van der Waals surface area contributed by atoms with E-state index in [0.717, 1.165) is 24.6 Å². The highest BCUT2D eigenvalue weighted by atomic mass is 35.5. The fraction of sp³-hybridized carbons (Fsp3) is 0.381. The molecule has 1 amide bonds. The topological polar surface area (TPSA) is 93.9 Å². The molecule has 1 saturated heterocycles. The number of halogens is 2. The van der Waals surface area contributed by atoms with E-state index in [0.29, 0.717) is 34.4 Å². The van der Waals surface area contributed by atoms with Crippen molar-refractivity contribution >= 4 is 44.1 Å². The molecule has 3 aromatic rings. The van der Waals surface area contributed by atoms with Gasteiger partial charge in [0.2, 0.25) is 0 Å². The second kappa shape index (κ2) is 7.27. The van der Waals surface area contributed by atoms with Crippen LogP contribution in [0, 0.1) is 12.7 Å². The van der Waals surface area contributed by atoms with Crippen LogP contribution in [0.1, 0.15) is 53.0 Å². The first-order chi connectivity index (χ1) is 14.7. The van der Waals surface area contributed by atoms with Crippen LogP contribution in [-0.4, -0.2) is 40.6 Å². The Hall–Kier alpha value is -2.52. The van der Waals surface area contributed by atoms with Crippen LogP contribution < -0.4 is 5.32 Å². The number of carbonyl (C=O) groups is 1. The number of amides is 1. The normalized spacial score (nSPS) is 20.3. The van der Waals surface area contributed by atoms with Gasteiger partial charge in [-0.3, -0.25) is 4.79 Å². The molecule has 5 rings (SSSR count). The third-order valence-electron chi connectivity index (χ3n) is 5.83. The maximum absolute atomic E-state index is 13.4. The lowest BCUT2D eigenvalue weighted by Crippen LogP contribution is -2.15. The van der Waals surface area contributed by atoms with Gasteiger partial charge in [-0.2, -0.15) is 5.10 Å². The lowest BCUT2D eigenvalue weighted by Gasteiger charge is -2.12. The van der Waals surface area contributed by atoms with E-state index in [1.54, 1.807) is 17.7 Å². The van der Waals surface area contributed by atoms with Gasteiger partial charge < -0.3 is 5.32 Å². The summed E-state index contributed by atoms with van der Waals surface area (Å²) in [4.78, 5) is 18.0. The number of hydrogen-bond acceptors (Lipinski definition) is 5. The van der Waals surface area contributed by atoms with Crippen LogP contribution in [-0.2, 0) is 9.84 Å². The third-order valence-corrected chi connectivity index (χ3v) is 7.89. The summed E-state index contributed by atoms with van der Waals surface area (Å²) in [6, 6.07) is 5.25. The minimum absolute atomic E-state index is 0.0191. The van der Waals surface area contributed by atoms with Gasteiger partial charge in [0.25, 0.3) is 5.91 Å². The van der Waals surface area contributed by atoms with E-state index in [1.165, 1.54) is 12.1 Å². The van der Waals surface area contributed by atoms with E-state index in [2.05, 4.69) is 10.4 Å². The Morgan fingerprint density at radius 3 is 2.68 bits per heavy atom. The predicted molar refractivity (Wildman–Crippen MR) is 116 cm³/mol. The fourth-order valence-electron chi connectivity index (χ4n) is 4.10. The number of pyridine rings is 1. The number of rotatable bonds is 4. The Kier molecular flexibility index (Phi) is 4.78. The fourth-order valence-corrected chi connectivity index (χ4v) is 6.01. The number of carbonyl (C=O) groups excluding carboxylic acids is 1. The molecule has 2 aliphatic rings. The Morgan fingerprint density at radius 1 is 1.26 bits per heavy atom. The molecule has 1 aromatic carbocycles. The van der Waals surface area contributed by atoms with E-state index in [9.17, 15) is 17.6 Å². The van der Waals surface area contributed by atoms with Crippen LogP contribution in [0.4, 0.5) is 10.1 Å².